The Morgan fingerprint density at radius 1 is 1.00 bits per heavy atom. The second-order valence-electron chi connectivity index (χ2n) is 13.8. The highest BCUT2D eigenvalue weighted by atomic mass is 14.9. The van der Waals surface area contributed by atoms with Crippen LogP contribution < -0.4 is 0 Å². The molecule has 1 aromatic heterocycles. The summed E-state index contributed by atoms with van der Waals surface area (Å²) >= 11 is 0. The van der Waals surface area contributed by atoms with Gasteiger partial charge >= 0.3 is 0 Å². The van der Waals surface area contributed by atoms with Crippen molar-refractivity contribution in [2.45, 2.75) is 86.0 Å². The molecule has 7 atom stereocenters. The summed E-state index contributed by atoms with van der Waals surface area (Å²) in [6, 6.07) is 9.06. The van der Waals surface area contributed by atoms with Crippen LogP contribution in [0.15, 0.2) is 42.0 Å². The van der Waals surface area contributed by atoms with Gasteiger partial charge in [0.15, 0.2) is 0 Å². The first kappa shape index (κ1) is 23.6. The van der Waals surface area contributed by atoms with E-state index in [-0.39, 0.29) is 5.41 Å². The number of hydrogen-bond donors (Lipinski definition) is 0. The summed E-state index contributed by atoms with van der Waals surface area (Å²) in [7, 11) is 2.25. The van der Waals surface area contributed by atoms with E-state index in [1.165, 1.54) is 68.0 Å². The highest BCUT2D eigenvalue weighted by Crippen LogP contribution is 2.66. The molecule has 1 nitrogen and oxygen atoms in total. The molecule has 0 saturated heterocycles. The van der Waals surface area contributed by atoms with Gasteiger partial charge in [0.25, 0.3) is 0 Å². The van der Waals surface area contributed by atoms with Crippen LogP contribution in [0.5, 0.6) is 0 Å². The summed E-state index contributed by atoms with van der Waals surface area (Å²) in [6.45, 7) is 12.7. The Morgan fingerprint density at radius 2 is 1.80 bits per heavy atom. The maximum atomic E-state index is 2.70. The standard InChI is InChI=1S/C34H47N/c1-22(2)10-9-11-23(3)28-16-17-29-26-15-14-24-20-32-27(25-12-7-8-13-31(25)35(32)6)21-34(24,5)30(26)18-19-33(28,29)4/h7-8,12-15,20,22-23,26,28-30H,9-11,16-19,21H2,1-6H3/t23-,26+,28-,29+,30+,33-,34+/m1/s1. The minimum atomic E-state index is 0.277. The predicted molar refractivity (Wildman–Crippen MR) is 150 cm³/mol. The molecule has 1 aromatic carbocycles. The average molecular weight is 470 g/mol. The van der Waals surface area contributed by atoms with E-state index < -0.39 is 0 Å². The number of aryl methyl sites for hydroxylation is 1. The fourth-order valence-electron chi connectivity index (χ4n) is 9.67. The first-order valence-electron chi connectivity index (χ1n) is 14.7. The summed E-state index contributed by atoms with van der Waals surface area (Å²) in [4.78, 5) is 0. The van der Waals surface area contributed by atoms with Gasteiger partial charge in [0.2, 0.25) is 0 Å². The Kier molecular flexibility index (Phi) is 5.66. The van der Waals surface area contributed by atoms with Gasteiger partial charge in [0, 0.05) is 29.1 Å². The van der Waals surface area contributed by atoms with Gasteiger partial charge in [0.05, 0.1) is 0 Å². The lowest BCUT2D eigenvalue weighted by Gasteiger charge is -2.56. The Balaban J connectivity index is 1.29. The number of allylic oxidation sites excluding steroid dienone is 3. The van der Waals surface area contributed by atoms with Crippen LogP contribution in [0.4, 0.5) is 0 Å². The Labute approximate surface area is 214 Å². The Hall–Kier alpha value is -1.76. The van der Waals surface area contributed by atoms with Crippen molar-refractivity contribution in [1.29, 1.82) is 0 Å². The van der Waals surface area contributed by atoms with Gasteiger partial charge in [-0.2, -0.15) is 0 Å². The zero-order valence-corrected chi connectivity index (χ0v) is 23.1. The van der Waals surface area contributed by atoms with Crippen LogP contribution in [0.2, 0.25) is 0 Å². The van der Waals surface area contributed by atoms with E-state index in [9.17, 15) is 0 Å². The third kappa shape index (κ3) is 3.47. The Bertz CT molecular complexity index is 1180. The number of para-hydroxylation sites is 1. The maximum Gasteiger partial charge on any atom is 0.0485 e. The van der Waals surface area contributed by atoms with Gasteiger partial charge in [-0.3, -0.25) is 0 Å². The molecule has 188 valence electrons. The molecule has 4 aliphatic carbocycles. The third-order valence-corrected chi connectivity index (χ3v) is 11.6. The average Bonchev–Trinajstić information content (AvgIpc) is 3.32. The first-order valence-corrected chi connectivity index (χ1v) is 14.7. The molecule has 2 aromatic rings. The van der Waals surface area contributed by atoms with Gasteiger partial charge < -0.3 is 4.57 Å². The second kappa shape index (κ2) is 8.39. The van der Waals surface area contributed by atoms with Gasteiger partial charge in [-0.15, -0.1) is 0 Å². The van der Waals surface area contributed by atoms with Crippen LogP contribution in [-0.4, -0.2) is 4.57 Å². The largest absolute Gasteiger partial charge is 0.344 e. The predicted octanol–water partition coefficient (Wildman–Crippen LogP) is 9.22. The molecule has 0 N–H and O–H groups in total. The van der Waals surface area contributed by atoms with Crippen LogP contribution in [-0.2, 0) is 13.5 Å². The first-order chi connectivity index (χ1) is 16.7. The molecule has 0 bridgehead atoms. The quantitative estimate of drug-likeness (QED) is 0.411. The van der Waals surface area contributed by atoms with E-state index in [0.717, 1.165) is 35.5 Å². The zero-order valence-electron chi connectivity index (χ0n) is 23.1. The topological polar surface area (TPSA) is 4.93 Å². The monoisotopic (exact) mass is 469 g/mol. The highest BCUT2D eigenvalue weighted by molar-refractivity contribution is 5.89. The van der Waals surface area contributed by atoms with E-state index in [1.54, 1.807) is 11.1 Å². The van der Waals surface area contributed by atoms with Crippen molar-refractivity contribution in [3.8, 4) is 0 Å². The van der Waals surface area contributed by atoms with Crippen molar-refractivity contribution < 1.29 is 0 Å². The molecule has 2 saturated carbocycles. The van der Waals surface area contributed by atoms with Gasteiger partial charge in [0.1, 0.15) is 0 Å². The van der Waals surface area contributed by atoms with E-state index in [2.05, 4.69) is 88.7 Å². The molecule has 1 heteroatoms. The van der Waals surface area contributed by atoms with E-state index in [4.69, 9.17) is 0 Å². The summed E-state index contributed by atoms with van der Waals surface area (Å²) in [5.41, 5.74) is 6.84. The summed E-state index contributed by atoms with van der Waals surface area (Å²) in [5.74, 6) is 5.08. The smallest absolute Gasteiger partial charge is 0.0485 e. The third-order valence-electron chi connectivity index (χ3n) is 11.6. The van der Waals surface area contributed by atoms with Crippen LogP contribution in [0.25, 0.3) is 17.0 Å². The summed E-state index contributed by atoms with van der Waals surface area (Å²) in [5, 5.41) is 1.48. The van der Waals surface area contributed by atoms with Gasteiger partial charge in [-0.25, -0.2) is 0 Å². The lowest BCUT2D eigenvalue weighted by atomic mass is 9.48. The van der Waals surface area contributed by atoms with E-state index in [1.807, 2.05) is 0 Å². The fourth-order valence-corrected chi connectivity index (χ4v) is 9.67. The molecule has 2 fully saturated rings. The minimum absolute atomic E-state index is 0.277. The molecule has 0 spiro atoms. The number of benzene rings is 1. The molecule has 0 radical (unpaired) electrons. The number of fused-ring (bicyclic) bond motifs is 8. The van der Waals surface area contributed by atoms with Crippen LogP contribution in [0.1, 0.15) is 90.8 Å². The van der Waals surface area contributed by atoms with Gasteiger partial charge in [-0.05, 0) is 96.3 Å². The highest BCUT2D eigenvalue weighted by Gasteiger charge is 2.58. The molecule has 6 rings (SSSR count). The van der Waals surface area contributed by atoms with Crippen molar-refractivity contribution in [3.05, 3.63) is 53.2 Å². The SMILES string of the molecule is CC(C)CCC[C@@H](C)[C@H]1CC[C@H]2[C@@H]3C=CC4=Cc5c(c6ccccc6n5C)C[C@]4(C)[C@H]3CC[C@]12C. The molecule has 35 heavy (non-hydrogen) atoms. The maximum absolute atomic E-state index is 2.70. The van der Waals surface area contributed by atoms with Gasteiger partial charge in [-0.1, -0.05) is 84.2 Å². The number of aromatic nitrogens is 1. The number of rotatable bonds is 5. The fraction of sp³-hybridized carbons (Fsp3) is 0.647. The zero-order chi connectivity index (χ0) is 24.5. The minimum Gasteiger partial charge on any atom is -0.344 e. The number of hydrogen-bond acceptors (Lipinski definition) is 0. The van der Waals surface area contributed by atoms with Crippen LogP contribution >= 0.6 is 0 Å². The molecule has 4 aliphatic rings. The summed E-state index contributed by atoms with van der Waals surface area (Å²) in [6.07, 6.45) is 19.0. The summed E-state index contributed by atoms with van der Waals surface area (Å²) < 4.78 is 2.43. The molecule has 1 heterocycles. The van der Waals surface area contributed by atoms with Crippen LogP contribution in [0, 0.1) is 46.3 Å². The second-order valence-corrected chi connectivity index (χ2v) is 13.8. The lowest BCUT2D eigenvalue weighted by molar-refractivity contribution is -0.0226. The molecular weight excluding hydrogens is 422 g/mol. The van der Waals surface area contributed by atoms with Crippen molar-refractivity contribution >= 4 is 17.0 Å². The lowest BCUT2D eigenvalue weighted by Crippen LogP contribution is -2.49. The van der Waals surface area contributed by atoms with Crippen molar-refractivity contribution in [1.82, 2.24) is 4.57 Å². The van der Waals surface area contributed by atoms with Crippen molar-refractivity contribution in [2.75, 3.05) is 0 Å². The molecular formula is C34H47N. The van der Waals surface area contributed by atoms with Crippen molar-refractivity contribution in [2.24, 2.45) is 53.4 Å². The van der Waals surface area contributed by atoms with E-state index in [0.29, 0.717) is 5.41 Å². The molecule has 0 unspecified atom stereocenters. The Morgan fingerprint density at radius 3 is 2.60 bits per heavy atom. The molecule has 0 amide bonds. The normalized spacial score (nSPS) is 36.5. The van der Waals surface area contributed by atoms with Crippen LogP contribution in [0.3, 0.4) is 0 Å². The van der Waals surface area contributed by atoms with Crippen molar-refractivity contribution in [3.63, 3.8) is 0 Å². The van der Waals surface area contributed by atoms with E-state index >= 15 is 0 Å². The molecule has 0 aliphatic heterocycles. The number of nitrogens with zero attached hydrogens (tertiary/aromatic N) is 1.